The summed E-state index contributed by atoms with van der Waals surface area (Å²) in [4.78, 5) is 12.7. The van der Waals surface area contributed by atoms with Gasteiger partial charge < -0.3 is 10.1 Å². The van der Waals surface area contributed by atoms with Gasteiger partial charge in [-0.2, -0.15) is 4.31 Å². The molecule has 6 nitrogen and oxygen atoms in total. The molecule has 1 amide bonds. The summed E-state index contributed by atoms with van der Waals surface area (Å²) >= 11 is 3.35. The third-order valence-corrected chi connectivity index (χ3v) is 7.78. The summed E-state index contributed by atoms with van der Waals surface area (Å²) in [7, 11) is -3.60. The lowest BCUT2D eigenvalue weighted by Crippen LogP contribution is -2.31. The molecule has 0 heterocycles. The van der Waals surface area contributed by atoms with Crippen LogP contribution in [0, 0.1) is 0 Å². The number of halogens is 1. The Bertz CT molecular complexity index is 745. The van der Waals surface area contributed by atoms with E-state index in [0.29, 0.717) is 42.4 Å². The minimum absolute atomic E-state index is 0.130. The highest BCUT2D eigenvalue weighted by Gasteiger charge is 2.23. The van der Waals surface area contributed by atoms with Crippen LogP contribution in [0.25, 0.3) is 0 Å². The van der Waals surface area contributed by atoms with Gasteiger partial charge in [-0.05, 0) is 53.4 Å². The lowest BCUT2D eigenvalue weighted by atomic mass is 9.98. The van der Waals surface area contributed by atoms with Gasteiger partial charge in [-0.1, -0.05) is 33.1 Å². The molecular weight excluding hydrogens is 444 g/mol. The van der Waals surface area contributed by atoms with Crippen molar-refractivity contribution in [3.8, 4) is 0 Å². The fourth-order valence-electron chi connectivity index (χ4n) is 3.40. The summed E-state index contributed by atoms with van der Waals surface area (Å²) in [6, 6.07) is 4.57. The Hall–Kier alpha value is -0.960. The molecule has 158 valence electrons. The van der Waals surface area contributed by atoms with Crippen molar-refractivity contribution in [1.82, 2.24) is 9.62 Å². The van der Waals surface area contributed by atoms with Crippen LogP contribution in [0.4, 0.5) is 0 Å². The van der Waals surface area contributed by atoms with E-state index in [9.17, 15) is 13.2 Å². The molecule has 0 atom stereocenters. The largest absolute Gasteiger partial charge is 0.378 e. The van der Waals surface area contributed by atoms with Gasteiger partial charge in [0.05, 0.1) is 16.6 Å². The monoisotopic (exact) mass is 474 g/mol. The quantitative estimate of drug-likeness (QED) is 0.520. The summed E-state index contributed by atoms with van der Waals surface area (Å²) in [5.41, 5.74) is 0.321. The second-order valence-corrected chi connectivity index (χ2v) is 9.76. The Morgan fingerprint density at radius 3 is 2.54 bits per heavy atom. The Kier molecular flexibility index (Phi) is 9.40. The van der Waals surface area contributed by atoms with E-state index in [4.69, 9.17) is 4.74 Å². The zero-order valence-electron chi connectivity index (χ0n) is 16.7. The summed E-state index contributed by atoms with van der Waals surface area (Å²) in [6.45, 7) is 5.48. The van der Waals surface area contributed by atoms with Gasteiger partial charge in [-0.3, -0.25) is 4.79 Å². The third-order valence-electron chi connectivity index (χ3n) is 5.04. The summed E-state index contributed by atoms with van der Waals surface area (Å²) in [5.74, 6) is -0.291. The van der Waals surface area contributed by atoms with E-state index in [2.05, 4.69) is 21.2 Å². The van der Waals surface area contributed by atoms with Gasteiger partial charge in [0.2, 0.25) is 10.0 Å². The first-order valence-electron chi connectivity index (χ1n) is 10.1. The topological polar surface area (TPSA) is 75.7 Å². The number of hydrogen-bond acceptors (Lipinski definition) is 4. The predicted octanol–water partition coefficient (Wildman–Crippen LogP) is 3.95. The summed E-state index contributed by atoms with van der Waals surface area (Å²) in [6.07, 6.45) is 7.14. The smallest absolute Gasteiger partial charge is 0.252 e. The number of nitrogens with zero attached hydrogens (tertiary/aromatic N) is 1. The van der Waals surface area contributed by atoms with Crippen LogP contribution in [-0.2, 0) is 14.8 Å². The molecule has 1 N–H and O–H groups in total. The van der Waals surface area contributed by atoms with Gasteiger partial charge in [0.1, 0.15) is 0 Å². The average Bonchev–Trinajstić information content (AvgIpc) is 2.69. The molecule has 1 fully saturated rings. The van der Waals surface area contributed by atoms with E-state index in [1.54, 1.807) is 19.9 Å². The Morgan fingerprint density at radius 2 is 1.89 bits per heavy atom. The number of carbonyl (C=O) groups is 1. The number of hydrogen-bond donors (Lipinski definition) is 1. The van der Waals surface area contributed by atoms with Crippen LogP contribution in [0.3, 0.4) is 0 Å². The van der Waals surface area contributed by atoms with Crippen LogP contribution < -0.4 is 5.32 Å². The first kappa shape index (κ1) is 23.3. The molecule has 0 aromatic heterocycles. The van der Waals surface area contributed by atoms with Crippen LogP contribution in [0.2, 0.25) is 0 Å². The fourth-order valence-corrected chi connectivity index (χ4v) is 5.31. The normalized spacial score (nSPS) is 15.7. The van der Waals surface area contributed by atoms with Crippen molar-refractivity contribution in [2.45, 2.75) is 63.4 Å². The van der Waals surface area contributed by atoms with Gasteiger partial charge in [-0.25, -0.2) is 8.42 Å². The van der Waals surface area contributed by atoms with E-state index in [1.165, 1.54) is 35.7 Å². The van der Waals surface area contributed by atoms with Crippen LogP contribution in [-0.4, -0.2) is 51.0 Å². The maximum absolute atomic E-state index is 12.7. The standard InChI is InChI=1S/C20H31BrN2O4S/c1-3-23(4-2)28(25,26)17-11-12-19(21)18(15-17)20(24)22-13-8-14-27-16-9-6-5-7-10-16/h11-12,15-16H,3-10,13-14H2,1-2H3,(H,22,24). The van der Waals surface area contributed by atoms with Gasteiger partial charge in [-0.15, -0.1) is 0 Å². The lowest BCUT2D eigenvalue weighted by Gasteiger charge is -2.22. The van der Waals surface area contributed by atoms with Crippen molar-refractivity contribution in [3.05, 3.63) is 28.2 Å². The molecule has 0 spiro atoms. The zero-order chi connectivity index (χ0) is 20.6. The van der Waals surface area contributed by atoms with Crippen molar-refractivity contribution in [3.63, 3.8) is 0 Å². The lowest BCUT2D eigenvalue weighted by molar-refractivity contribution is 0.0273. The second-order valence-electron chi connectivity index (χ2n) is 6.97. The Balaban J connectivity index is 1.91. The molecule has 2 rings (SSSR count). The highest BCUT2D eigenvalue weighted by atomic mass is 79.9. The number of rotatable bonds is 10. The van der Waals surface area contributed by atoms with E-state index >= 15 is 0 Å². The predicted molar refractivity (Wildman–Crippen MR) is 114 cm³/mol. The number of nitrogens with one attached hydrogen (secondary N) is 1. The van der Waals surface area contributed by atoms with Crippen LogP contribution in [0.1, 0.15) is 62.7 Å². The highest BCUT2D eigenvalue weighted by molar-refractivity contribution is 9.10. The van der Waals surface area contributed by atoms with Gasteiger partial charge in [0.25, 0.3) is 5.91 Å². The number of amides is 1. The van der Waals surface area contributed by atoms with Crippen LogP contribution >= 0.6 is 15.9 Å². The number of sulfonamides is 1. The van der Waals surface area contributed by atoms with E-state index in [0.717, 1.165) is 19.3 Å². The van der Waals surface area contributed by atoms with Crippen molar-refractivity contribution in [2.24, 2.45) is 0 Å². The van der Waals surface area contributed by atoms with E-state index in [-0.39, 0.29) is 10.8 Å². The molecule has 8 heteroatoms. The van der Waals surface area contributed by atoms with E-state index in [1.807, 2.05) is 0 Å². The van der Waals surface area contributed by atoms with Gasteiger partial charge in [0.15, 0.2) is 0 Å². The molecule has 0 unspecified atom stereocenters. The first-order valence-corrected chi connectivity index (χ1v) is 12.3. The summed E-state index contributed by atoms with van der Waals surface area (Å²) in [5, 5.41) is 2.86. The van der Waals surface area contributed by atoms with Crippen LogP contribution in [0.15, 0.2) is 27.6 Å². The molecule has 0 saturated heterocycles. The van der Waals surface area contributed by atoms with Crippen molar-refractivity contribution in [2.75, 3.05) is 26.2 Å². The molecule has 1 aromatic rings. The highest BCUT2D eigenvalue weighted by Crippen LogP contribution is 2.23. The summed E-state index contributed by atoms with van der Waals surface area (Å²) < 4.78 is 33.2. The number of benzene rings is 1. The minimum Gasteiger partial charge on any atom is -0.378 e. The SMILES string of the molecule is CCN(CC)S(=O)(=O)c1ccc(Br)c(C(=O)NCCCOC2CCCCC2)c1. The van der Waals surface area contributed by atoms with E-state index < -0.39 is 10.0 Å². The average molecular weight is 475 g/mol. The number of ether oxygens (including phenoxy) is 1. The molecule has 28 heavy (non-hydrogen) atoms. The zero-order valence-corrected chi connectivity index (χ0v) is 19.1. The second kappa shape index (κ2) is 11.3. The molecular formula is C20H31BrN2O4S. The maximum Gasteiger partial charge on any atom is 0.252 e. The molecule has 1 aromatic carbocycles. The van der Waals surface area contributed by atoms with Crippen molar-refractivity contribution < 1.29 is 17.9 Å². The first-order chi connectivity index (χ1) is 13.4. The fraction of sp³-hybridized carbons (Fsp3) is 0.650. The molecule has 1 saturated carbocycles. The van der Waals surface area contributed by atoms with Crippen LogP contribution in [0.5, 0.6) is 0 Å². The van der Waals surface area contributed by atoms with Crippen molar-refractivity contribution >= 4 is 31.9 Å². The molecule has 0 aliphatic heterocycles. The molecule has 1 aliphatic carbocycles. The third kappa shape index (κ3) is 6.27. The maximum atomic E-state index is 12.7. The molecule has 0 bridgehead atoms. The molecule has 1 aliphatic rings. The van der Waals surface area contributed by atoms with Crippen molar-refractivity contribution in [1.29, 1.82) is 0 Å². The number of carbonyl (C=O) groups excluding carboxylic acids is 1. The molecule has 0 radical (unpaired) electrons. The van der Waals surface area contributed by atoms with Gasteiger partial charge in [0, 0.05) is 30.7 Å². The minimum atomic E-state index is -3.60. The van der Waals surface area contributed by atoms with Gasteiger partial charge >= 0.3 is 0 Å². The Morgan fingerprint density at radius 1 is 1.21 bits per heavy atom. The Labute approximate surface area is 177 Å².